The third kappa shape index (κ3) is 1.93. The molecule has 2 aliphatic heterocycles. The van der Waals surface area contributed by atoms with Crippen molar-refractivity contribution in [3.8, 4) is 6.07 Å². The molecule has 22 heavy (non-hydrogen) atoms. The Morgan fingerprint density at radius 2 is 2.23 bits per heavy atom. The minimum absolute atomic E-state index is 0.0777. The molecule has 2 aromatic rings. The number of fused-ring (bicyclic) bond motifs is 4. The van der Waals surface area contributed by atoms with Gasteiger partial charge in [-0.3, -0.25) is 4.79 Å². The highest BCUT2D eigenvalue weighted by molar-refractivity contribution is 5.49. The summed E-state index contributed by atoms with van der Waals surface area (Å²) in [6.45, 7) is 4.03. The molecule has 4 rings (SSSR count). The molecule has 0 aliphatic carbocycles. The van der Waals surface area contributed by atoms with Crippen molar-refractivity contribution < 1.29 is 4.42 Å². The van der Waals surface area contributed by atoms with E-state index in [9.17, 15) is 10.1 Å². The Bertz CT molecular complexity index is 829. The summed E-state index contributed by atoms with van der Waals surface area (Å²) in [5, 5.41) is 9.21. The number of hydrogen-bond donors (Lipinski definition) is 0. The summed E-state index contributed by atoms with van der Waals surface area (Å²) in [6, 6.07) is 7.58. The normalized spacial score (nSPS) is 23.0. The Labute approximate surface area is 127 Å². The maximum absolute atomic E-state index is 12.0. The highest BCUT2D eigenvalue weighted by Gasteiger charge is 2.36. The van der Waals surface area contributed by atoms with E-state index >= 15 is 0 Å². The number of nitrogens with zero attached hydrogens (tertiary/aromatic N) is 4. The molecule has 2 atom stereocenters. The summed E-state index contributed by atoms with van der Waals surface area (Å²) in [6.07, 6.45) is 1.08. The molecule has 4 heterocycles. The quantitative estimate of drug-likeness (QED) is 0.799. The van der Waals surface area contributed by atoms with Crippen molar-refractivity contribution in [1.29, 1.82) is 5.26 Å². The third-order valence-electron chi connectivity index (χ3n) is 4.59. The van der Waals surface area contributed by atoms with E-state index in [2.05, 4.69) is 16.0 Å². The molecule has 2 bridgehead atoms. The lowest BCUT2D eigenvalue weighted by molar-refractivity contribution is 0.274. The van der Waals surface area contributed by atoms with Crippen LogP contribution in [0.25, 0.3) is 0 Å². The molecular weight excluding hydrogens is 280 g/mol. The Morgan fingerprint density at radius 3 is 3.05 bits per heavy atom. The average molecular weight is 296 g/mol. The first-order valence-electron chi connectivity index (χ1n) is 7.48. The average Bonchev–Trinajstić information content (AvgIpc) is 2.89. The van der Waals surface area contributed by atoms with Gasteiger partial charge < -0.3 is 13.9 Å². The summed E-state index contributed by atoms with van der Waals surface area (Å²) in [7, 11) is 0. The summed E-state index contributed by atoms with van der Waals surface area (Å²) < 4.78 is 7.54. The molecule has 0 aromatic carbocycles. The fourth-order valence-electron chi connectivity index (χ4n) is 3.77. The first kappa shape index (κ1) is 13.1. The number of anilines is 1. The van der Waals surface area contributed by atoms with E-state index in [1.165, 1.54) is 0 Å². The van der Waals surface area contributed by atoms with E-state index in [1.54, 1.807) is 13.0 Å². The van der Waals surface area contributed by atoms with Crippen molar-refractivity contribution in [3.63, 3.8) is 0 Å². The highest BCUT2D eigenvalue weighted by Crippen LogP contribution is 2.37. The third-order valence-corrected chi connectivity index (χ3v) is 4.59. The van der Waals surface area contributed by atoms with Crippen LogP contribution in [0.15, 0.2) is 27.4 Å². The molecule has 0 saturated carbocycles. The minimum Gasteiger partial charge on any atom is -0.424 e. The van der Waals surface area contributed by atoms with Gasteiger partial charge >= 0.3 is 0 Å². The topological polar surface area (TPSA) is 75.1 Å². The van der Waals surface area contributed by atoms with E-state index in [1.807, 2.05) is 16.7 Å². The molecular formula is C16H16N4O2. The maximum Gasteiger partial charge on any atom is 0.250 e. The van der Waals surface area contributed by atoms with Crippen molar-refractivity contribution in [3.05, 3.63) is 45.8 Å². The maximum atomic E-state index is 12.0. The van der Waals surface area contributed by atoms with E-state index in [0.29, 0.717) is 29.3 Å². The van der Waals surface area contributed by atoms with E-state index in [4.69, 9.17) is 4.42 Å². The van der Waals surface area contributed by atoms with Crippen LogP contribution in [-0.2, 0) is 6.54 Å². The number of pyridine rings is 1. The van der Waals surface area contributed by atoms with Crippen molar-refractivity contribution in [2.45, 2.75) is 25.8 Å². The summed E-state index contributed by atoms with van der Waals surface area (Å²) in [4.78, 5) is 18.3. The molecule has 0 N–H and O–H groups in total. The molecule has 112 valence electrons. The number of nitriles is 1. The predicted octanol–water partition coefficient (Wildman–Crippen LogP) is 1.64. The molecule has 1 fully saturated rings. The van der Waals surface area contributed by atoms with Gasteiger partial charge in [0.05, 0.1) is 0 Å². The predicted molar refractivity (Wildman–Crippen MR) is 79.7 cm³/mol. The second kappa shape index (κ2) is 4.73. The second-order valence-corrected chi connectivity index (χ2v) is 6.10. The molecule has 0 spiro atoms. The van der Waals surface area contributed by atoms with Gasteiger partial charge in [0.25, 0.3) is 5.56 Å². The lowest BCUT2D eigenvalue weighted by atomic mass is 9.83. The smallest absolute Gasteiger partial charge is 0.250 e. The van der Waals surface area contributed by atoms with Crippen LogP contribution in [0.3, 0.4) is 0 Å². The second-order valence-electron chi connectivity index (χ2n) is 6.10. The molecule has 6 heteroatoms. The van der Waals surface area contributed by atoms with Gasteiger partial charge in [0.1, 0.15) is 6.07 Å². The van der Waals surface area contributed by atoms with Crippen molar-refractivity contribution in [2.75, 3.05) is 18.0 Å². The Hall–Kier alpha value is -2.55. The van der Waals surface area contributed by atoms with Crippen LogP contribution in [0.2, 0.25) is 0 Å². The van der Waals surface area contributed by atoms with Gasteiger partial charge in [-0.2, -0.15) is 5.26 Å². The monoisotopic (exact) mass is 296 g/mol. The fourth-order valence-corrected chi connectivity index (χ4v) is 3.77. The van der Waals surface area contributed by atoms with Crippen molar-refractivity contribution >= 4 is 5.88 Å². The summed E-state index contributed by atoms with van der Waals surface area (Å²) >= 11 is 0. The largest absolute Gasteiger partial charge is 0.424 e. The lowest BCUT2D eigenvalue weighted by Gasteiger charge is -2.42. The highest BCUT2D eigenvalue weighted by atomic mass is 16.4. The van der Waals surface area contributed by atoms with Crippen LogP contribution >= 0.6 is 0 Å². The number of hydrogen-bond acceptors (Lipinski definition) is 5. The van der Waals surface area contributed by atoms with Gasteiger partial charge in [-0.15, -0.1) is 0 Å². The molecule has 1 saturated heterocycles. The zero-order chi connectivity index (χ0) is 15.3. The molecule has 2 aromatic heterocycles. The summed E-state index contributed by atoms with van der Waals surface area (Å²) in [5.41, 5.74) is 1.51. The van der Waals surface area contributed by atoms with Crippen LogP contribution in [-0.4, -0.2) is 22.6 Å². The van der Waals surface area contributed by atoms with Crippen LogP contribution in [0.1, 0.15) is 29.6 Å². The van der Waals surface area contributed by atoms with Crippen LogP contribution in [0, 0.1) is 24.2 Å². The van der Waals surface area contributed by atoms with Gasteiger partial charge in [-0.25, -0.2) is 4.98 Å². The van der Waals surface area contributed by atoms with E-state index in [0.717, 1.165) is 31.7 Å². The first-order valence-corrected chi connectivity index (χ1v) is 7.48. The van der Waals surface area contributed by atoms with Crippen molar-refractivity contribution in [1.82, 2.24) is 9.55 Å². The number of rotatable bonds is 1. The van der Waals surface area contributed by atoms with Crippen LogP contribution in [0.5, 0.6) is 0 Å². The van der Waals surface area contributed by atoms with Crippen LogP contribution < -0.4 is 10.5 Å². The van der Waals surface area contributed by atoms with Gasteiger partial charge in [-0.1, -0.05) is 6.07 Å². The van der Waals surface area contributed by atoms with E-state index in [-0.39, 0.29) is 5.56 Å². The van der Waals surface area contributed by atoms with Crippen molar-refractivity contribution in [2.24, 2.45) is 5.92 Å². The zero-order valence-corrected chi connectivity index (χ0v) is 12.3. The Morgan fingerprint density at radius 1 is 1.36 bits per heavy atom. The Kier molecular flexibility index (Phi) is 2.83. The Balaban J connectivity index is 1.72. The molecule has 0 amide bonds. The first-order chi connectivity index (χ1) is 10.7. The fraction of sp³-hybridized carbons (Fsp3) is 0.438. The molecule has 0 radical (unpaired) electrons. The molecule has 2 aliphatic rings. The van der Waals surface area contributed by atoms with Crippen LogP contribution in [0.4, 0.5) is 5.88 Å². The minimum atomic E-state index is 0.0777. The lowest BCUT2D eigenvalue weighted by Crippen LogP contribution is -2.47. The van der Waals surface area contributed by atoms with Gasteiger partial charge in [0.2, 0.25) is 11.6 Å². The molecule has 1 unspecified atom stereocenters. The number of aryl methyl sites for hydroxylation is 1. The van der Waals surface area contributed by atoms with E-state index < -0.39 is 0 Å². The van der Waals surface area contributed by atoms with Gasteiger partial charge in [0, 0.05) is 44.2 Å². The number of oxazole rings is 1. The standard InChI is InChI=1S/C16H16N4O2/c1-10-18-13(6-17)16(22-10)19-7-11-5-12(9-19)14-3-2-4-15(21)20(14)8-11/h2-4,11-12H,5,7-9H2,1H3/t11-,12?/m1/s1. The number of piperidine rings is 1. The van der Waals surface area contributed by atoms with Gasteiger partial charge in [-0.05, 0) is 18.4 Å². The SMILES string of the molecule is Cc1nc(C#N)c(N2CC3C[C@H](C2)Cn2c3cccc2=O)o1. The number of aromatic nitrogens is 2. The molecule has 6 nitrogen and oxygen atoms in total. The zero-order valence-electron chi connectivity index (χ0n) is 12.3. The van der Waals surface area contributed by atoms with Gasteiger partial charge in [0.15, 0.2) is 5.89 Å². The summed E-state index contributed by atoms with van der Waals surface area (Å²) in [5.74, 6) is 1.77.